The molecule has 2 rings (SSSR count). The quantitative estimate of drug-likeness (QED) is 0.739. The third-order valence-corrected chi connectivity index (χ3v) is 4.95. The Hall–Kier alpha value is -0.730. The number of aryl methyl sites for hydroxylation is 1. The zero-order valence-electron chi connectivity index (χ0n) is 11.9. The maximum Gasteiger partial charge on any atom is 0.172 e. The Kier molecular flexibility index (Phi) is 5.74. The first kappa shape index (κ1) is 15.7. The van der Waals surface area contributed by atoms with Gasteiger partial charge >= 0.3 is 0 Å². The normalized spacial score (nSPS) is 10.8. The van der Waals surface area contributed by atoms with Crippen molar-refractivity contribution in [3.05, 3.63) is 26.3 Å². The molecular formula is C14H18IN3OS. The van der Waals surface area contributed by atoms with Crippen molar-refractivity contribution in [2.75, 3.05) is 19.0 Å². The van der Waals surface area contributed by atoms with Crippen molar-refractivity contribution in [3.63, 3.8) is 0 Å². The highest BCUT2D eigenvalue weighted by atomic mass is 127. The molecule has 0 saturated heterocycles. The molecule has 0 bridgehead atoms. The lowest BCUT2D eigenvalue weighted by atomic mass is 10.2. The van der Waals surface area contributed by atoms with E-state index in [2.05, 4.69) is 63.2 Å². The van der Waals surface area contributed by atoms with Crippen LogP contribution in [-0.2, 0) is 11.3 Å². The van der Waals surface area contributed by atoms with E-state index in [1.54, 1.807) is 18.4 Å². The molecule has 108 valence electrons. The van der Waals surface area contributed by atoms with Gasteiger partial charge in [0, 0.05) is 13.7 Å². The van der Waals surface area contributed by atoms with E-state index in [1.807, 2.05) is 0 Å². The van der Waals surface area contributed by atoms with Crippen molar-refractivity contribution < 1.29 is 4.74 Å². The Bertz CT molecular complexity index is 586. The third-order valence-electron chi connectivity index (χ3n) is 2.81. The molecule has 0 spiro atoms. The van der Waals surface area contributed by atoms with Crippen LogP contribution in [-0.4, -0.2) is 23.6 Å². The summed E-state index contributed by atoms with van der Waals surface area (Å²) in [7, 11) is 1.69. The second kappa shape index (κ2) is 7.33. The molecule has 6 heteroatoms. The van der Waals surface area contributed by atoms with Crippen LogP contribution in [0.4, 0.5) is 5.82 Å². The molecule has 4 nitrogen and oxygen atoms in total. The van der Waals surface area contributed by atoms with Crippen molar-refractivity contribution >= 4 is 39.7 Å². The van der Waals surface area contributed by atoms with Gasteiger partial charge in [0.25, 0.3) is 0 Å². The largest absolute Gasteiger partial charge is 0.378 e. The number of nitrogens with zero attached hydrogens (tertiary/aromatic N) is 2. The first-order chi connectivity index (χ1) is 9.67. The SMILES string of the molecule is CCCNc1nc(-c2sccc2C)nc(COC)c1I. The minimum atomic E-state index is 0.499. The van der Waals surface area contributed by atoms with Crippen LogP contribution < -0.4 is 5.32 Å². The zero-order chi connectivity index (χ0) is 14.5. The number of hydrogen-bond donors (Lipinski definition) is 1. The second-order valence-corrected chi connectivity index (χ2v) is 6.44. The Morgan fingerprint density at radius 3 is 2.80 bits per heavy atom. The summed E-state index contributed by atoms with van der Waals surface area (Å²) in [5.41, 5.74) is 2.14. The van der Waals surface area contributed by atoms with Gasteiger partial charge in [0.05, 0.1) is 20.7 Å². The molecule has 0 aliphatic heterocycles. The maximum absolute atomic E-state index is 5.25. The number of hydrogen-bond acceptors (Lipinski definition) is 5. The summed E-state index contributed by atoms with van der Waals surface area (Å²) in [5.74, 6) is 1.68. The van der Waals surface area contributed by atoms with Gasteiger partial charge in [-0.2, -0.15) is 0 Å². The molecule has 2 aromatic rings. The van der Waals surface area contributed by atoms with Crippen LogP contribution in [0.5, 0.6) is 0 Å². The highest BCUT2D eigenvalue weighted by Crippen LogP contribution is 2.29. The van der Waals surface area contributed by atoms with Gasteiger partial charge in [0.1, 0.15) is 5.82 Å². The zero-order valence-corrected chi connectivity index (χ0v) is 14.8. The number of thiophene rings is 1. The van der Waals surface area contributed by atoms with Crippen LogP contribution in [0.25, 0.3) is 10.7 Å². The summed E-state index contributed by atoms with van der Waals surface area (Å²) in [6.45, 7) is 5.63. The Balaban J connectivity index is 2.46. The van der Waals surface area contributed by atoms with Gasteiger partial charge in [-0.05, 0) is 52.9 Å². The summed E-state index contributed by atoms with van der Waals surface area (Å²) < 4.78 is 6.29. The van der Waals surface area contributed by atoms with E-state index >= 15 is 0 Å². The van der Waals surface area contributed by atoms with Crippen LogP contribution >= 0.6 is 33.9 Å². The highest BCUT2D eigenvalue weighted by Gasteiger charge is 2.15. The third kappa shape index (κ3) is 3.48. The van der Waals surface area contributed by atoms with E-state index in [0.29, 0.717) is 6.61 Å². The fourth-order valence-electron chi connectivity index (χ4n) is 1.79. The van der Waals surface area contributed by atoms with E-state index in [9.17, 15) is 0 Å². The molecule has 0 amide bonds. The van der Waals surface area contributed by atoms with Crippen molar-refractivity contribution in [3.8, 4) is 10.7 Å². The number of nitrogens with one attached hydrogen (secondary N) is 1. The maximum atomic E-state index is 5.25. The standard InChI is InChI=1S/C14H18IN3OS/c1-4-6-16-13-11(15)10(8-19-3)17-14(18-13)12-9(2)5-7-20-12/h5,7H,4,6,8H2,1-3H3,(H,16,17,18). The molecule has 0 aromatic carbocycles. The molecule has 0 radical (unpaired) electrons. The number of methoxy groups -OCH3 is 1. The van der Waals surface area contributed by atoms with Crippen LogP contribution in [0.3, 0.4) is 0 Å². The molecule has 1 N–H and O–H groups in total. The van der Waals surface area contributed by atoms with Crippen LogP contribution in [0.15, 0.2) is 11.4 Å². The Labute approximate surface area is 137 Å². The van der Waals surface area contributed by atoms with Crippen molar-refractivity contribution in [1.82, 2.24) is 9.97 Å². The van der Waals surface area contributed by atoms with E-state index in [0.717, 1.165) is 38.7 Å². The van der Waals surface area contributed by atoms with Crippen molar-refractivity contribution in [1.29, 1.82) is 0 Å². The molecule has 0 aliphatic carbocycles. The van der Waals surface area contributed by atoms with Gasteiger partial charge in [-0.3, -0.25) is 0 Å². The number of anilines is 1. The predicted octanol–water partition coefficient (Wildman–Crippen LogP) is 4.09. The molecular weight excluding hydrogens is 385 g/mol. The highest BCUT2D eigenvalue weighted by molar-refractivity contribution is 14.1. The van der Waals surface area contributed by atoms with Crippen LogP contribution in [0.2, 0.25) is 0 Å². The molecule has 2 aromatic heterocycles. The summed E-state index contributed by atoms with van der Waals surface area (Å²) in [6.07, 6.45) is 1.06. The number of halogens is 1. The minimum absolute atomic E-state index is 0.499. The van der Waals surface area contributed by atoms with Crippen LogP contribution in [0, 0.1) is 10.5 Å². The predicted molar refractivity (Wildman–Crippen MR) is 92.3 cm³/mol. The van der Waals surface area contributed by atoms with E-state index < -0.39 is 0 Å². The van der Waals surface area contributed by atoms with E-state index in [4.69, 9.17) is 4.74 Å². The first-order valence-corrected chi connectivity index (χ1v) is 8.46. The molecule has 2 heterocycles. The first-order valence-electron chi connectivity index (χ1n) is 6.51. The number of aromatic nitrogens is 2. The molecule has 0 fully saturated rings. The lowest BCUT2D eigenvalue weighted by Gasteiger charge is -2.12. The monoisotopic (exact) mass is 403 g/mol. The average molecular weight is 403 g/mol. The Morgan fingerprint density at radius 2 is 2.20 bits per heavy atom. The average Bonchev–Trinajstić information content (AvgIpc) is 2.86. The molecule has 0 saturated carbocycles. The molecule has 0 aliphatic rings. The van der Waals surface area contributed by atoms with E-state index in [1.165, 1.54) is 5.56 Å². The number of rotatable bonds is 6. The topological polar surface area (TPSA) is 47.0 Å². The molecule has 0 unspecified atom stereocenters. The fraction of sp³-hybridized carbons (Fsp3) is 0.429. The van der Waals surface area contributed by atoms with Crippen molar-refractivity contribution in [2.45, 2.75) is 26.9 Å². The van der Waals surface area contributed by atoms with Crippen molar-refractivity contribution in [2.24, 2.45) is 0 Å². The van der Waals surface area contributed by atoms with Gasteiger partial charge in [0.15, 0.2) is 5.82 Å². The van der Waals surface area contributed by atoms with Gasteiger partial charge in [0.2, 0.25) is 0 Å². The summed E-state index contributed by atoms with van der Waals surface area (Å²) in [4.78, 5) is 10.5. The summed E-state index contributed by atoms with van der Waals surface area (Å²) >= 11 is 3.95. The van der Waals surface area contributed by atoms with Gasteiger partial charge in [-0.1, -0.05) is 6.92 Å². The van der Waals surface area contributed by atoms with Gasteiger partial charge < -0.3 is 10.1 Å². The summed E-state index contributed by atoms with van der Waals surface area (Å²) in [5, 5.41) is 5.44. The minimum Gasteiger partial charge on any atom is -0.378 e. The fourth-order valence-corrected chi connectivity index (χ4v) is 3.24. The lowest BCUT2D eigenvalue weighted by molar-refractivity contribution is 0.181. The lowest BCUT2D eigenvalue weighted by Crippen LogP contribution is -2.09. The molecule has 0 atom stereocenters. The van der Waals surface area contributed by atoms with Gasteiger partial charge in [-0.25, -0.2) is 9.97 Å². The second-order valence-electron chi connectivity index (χ2n) is 4.45. The van der Waals surface area contributed by atoms with Gasteiger partial charge in [-0.15, -0.1) is 11.3 Å². The van der Waals surface area contributed by atoms with Crippen LogP contribution in [0.1, 0.15) is 24.6 Å². The number of ether oxygens (including phenoxy) is 1. The summed E-state index contributed by atoms with van der Waals surface area (Å²) in [6, 6.07) is 2.09. The Morgan fingerprint density at radius 1 is 1.40 bits per heavy atom. The van der Waals surface area contributed by atoms with E-state index in [-0.39, 0.29) is 0 Å². The molecule has 20 heavy (non-hydrogen) atoms. The smallest absolute Gasteiger partial charge is 0.172 e.